The highest BCUT2D eigenvalue weighted by Crippen LogP contribution is 2.45. The number of carbonyl (C=O) groups excluding carboxylic acids is 3. The van der Waals surface area contributed by atoms with Crippen LogP contribution >= 0.6 is 0 Å². The highest BCUT2D eigenvalue weighted by atomic mass is 16.3. The fourth-order valence-electron chi connectivity index (χ4n) is 4.36. The number of aliphatic hydroxyl groups excluding tert-OH is 1. The molecule has 1 saturated heterocycles. The number of hydrogen-bond acceptors (Lipinski definition) is 4. The summed E-state index contributed by atoms with van der Waals surface area (Å²) in [6.45, 7) is 9.24. The van der Waals surface area contributed by atoms with Crippen LogP contribution in [0.1, 0.15) is 41.0 Å². The number of aliphatic hydroxyl groups is 1. The van der Waals surface area contributed by atoms with Gasteiger partial charge in [0.2, 0.25) is 17.7 Å². The van der Waals surface area contributed by atoms with Crippen LogP contribution in [0.3, 0.4) is 0 Å². The molecule has 6 atom stereocenters. The highest BCUT2D eigenvalue weighted by molar-refractivity contribution is 5.97. The van der Waals surface area contributed by atoms with Crippen molar-refractivity contribution in [2.75, 3.05) is 13.7 Å². The zero-order valence-corrected chi connectivity index (χ0v) is 17.2. The summed E-state index contributed by atoms with van der Waals surface area (Å²) in [5.74, 6) is -2.27. The first-order valence-corrected chi connectivity index (χ1v) is 9.72. The van der Waals surface area contributed by atoms with E-state index in [-0.39, 0.29) is 36.2 Å². The molecule has 1 aliphatic heterocycles. The van der Waals surface area contributed by atoms with Gasteiger partial charge in [-0.25, -0.2) is 0 Å². The minimum Gasteiger partial charge on any atom is -0.394 e. The molecule has 1 aliphatic carbocycles. The predicted octanol–water partition coefficient (Wildman–Crippen LogP) is 0.683. The Hall–Kier alpha value is -1.89. The van der Waals surface area contributed by atoms with E-state index in [1.165, 1.54) is 4.90 Å². The highest BCUT2D eigenvalue weighted by Gasteiger charge is 2.57. The Kier molecular flexibility index (Phi) is 6.35. The van der Waals surface area contributed by atoms with Crippen molar-refractivity contribution in [3.05, 3.63) is 12.2 Å². The van der Waals surface area contributed by atoms with Gasteiger partial charge in [-0.3, -0.25) is 14.4 Å². The van der Waals surface area contributed by atoms with Crippen molar-refractivity contribution < 1.29 is 19.5 Å². The summed E-state index contributed by atoms with van der Waals surface area (Å²) in [5, 5.41) is 15.4. The molecule has 0 bridgehead atoms. The Morgan fingerprint density at radius 3 is 2.37 bits per heavy atom. The van der Waals surface area contributed by atoms with Crippen molar-refractivity contribution in [2.24, 2.45) is 23.7 Å². The van der Waals surface area contributed by atoms with Gasteiger partial charge in [0.1, 0.15) is 6.04 Å². The minimum absolute atomic E-state index is 0.101. The Balaban J connectivity index is 2.51. The molecule has 0 spiro atoms. The van der Waals surface area contributed by atoms with Gasteiger partial charge >= 0.3 is 0 Å². The number of likely N-dealkylation sites (tertiary alicyclic amines) is 1. The lowest BCUT2D eigenvalue weighted by atomic mass is 9.70. The SMILES string of the molecule is CC[C@@H](CO)N1C(=O)[C@@H]2[C@H](C=C[C@@H](C)[C@H]2C(=O)NC)[C@H]1C(=O)NC(C)(C)C. The van der Waals surface area contributed by atoms with Crippen LogP contribution in [-0.2, 0) is 14.4 Å². The number of nitrogens with zero attached hydrogens (tertiary/aromatic N) is 1. The first-order valence-electron chi connectivity index (χ1n) is 9.72. The van der Waals surface area contributed by atoms with Gasteiger partial charge in [-0.2, -0.15) is 0 Å². The van der Waals surface area contributed by atoms with Gasteiger partial charge in [0.25, 0.3) is 0 Å². The smallest absolute Gasteiger partial charge is 0.243 e. The summed E-state index contributed by atoms with van der Waals surface area (Å²) in [6, 6.07) is -1.18. The van der Waals surface area contributed by atoms with Crippen LogP contribution in [0.5, 0.6) is 0 Å². The van der Waals surface area contributed by atoms with E-state index < -0.39 is 29.5 Å². The summed E-state index contributed by atoms with van der Waals surface area (Å²) in [4.78, 5) is 40.5. The maximum atomic E-state index is 13.4. The van der Waals surface area contributed by atoms with Crippen LogP contribution in [0.25, 0.3) is 0 Å². The van der Waals surface area contributed by atoms with E-state index in [1.54, 1.807) is 7.05 Å². The summed E-state index contributed by atoms with van der Waals surface area (Å²) < 4.78 is 0. The van der Waals surface area contributed by atoms with Crippen LogP contribution in [0.15, 0.2) is 12.2 Å². The van der Waals surface area contributed by atoms with Crippen LogP contribution in [0, 0.1) is 23.7 Å². The van der Waals surface area contributed by atoms with E-state index in [2.05, 4.69) is 10.6 Å². The molecule has 152 valence electrons. The van der Waals surface area contributed by atoms with Crippen LogP contribution in [0.4, 0.5) is 0 Å². The van der Waals surface area contributed by atoms with Crippen molar-refractivity contribution in [1.82, 2.24) is 15.5 Å². The topological polar surface area (TPSA) is 98.7 Å². The number of fused-ring (bicyclic) bond motifs is 1. The summed E-state index contributed by atoms with van der Waals surface area (Å²) >= 11 is 0. The molecule has 3 N–H and O–H groups in total. The summed E-state index contributed by atoms with van der Waals surface area (Å²) in [7, 11) is 1.56. The van der Waals surface area contributed by atoms with Crippen molar-refractivity contribution in [3.63, 3.8) is 0 Å². The molecular formula is C20H33N3O4. The molecule has 1 heterocycles. The number of allylic oxidation sites excluding steroid dienone is 1. The zero-order chi connectivity index (χ0) is 20.5. The maximum Gasteiger partial charge on any atom is 0.243 e. The van der Waals surface area contributed by atoms with Crippen molar-refractivity contribution in [3.8, 4) is 0 Å². The predicted molar refractivity (Wildman–Crippen MR) is 103 cm³/mol. The van der Waals surface area contributed by atoms with E-state index in [0.717, 1.165) is 0 Å². The molecule has 7 nitrogen and oxygen atoms in total. The number of carbonyl (C=O) groups is 3. The Bertz CT molecular complexity index is 621. The van der Waals surface area contributed by atoms with E-state index >= 15 is 0 Å². The molecule has 3 amide bonds. The molecule has 0 radical (unpaired) electrons. The van der Waals surface area contributed by atoms with Gasteiger partial charge in [0, 0.05) is 18.5 Å². The molecule has 2 aliphatic rings. The molecule has 0 aromatic rings. The number of nitrogens with one attached hydrogen (secondary N) is 2. The zero-order valence-electron chi connectivity index (χ0n) is 17.2. The Labute approximate surface area is 161 Å². The van der Waals surface area contributed by atoms with Crippen LogP contribution in [0.2, 0.25) is 0 Å². The first kappa shape index (κ1) is 21.4. The Morgan fingerprint density at radius 1 is 1.26 bits per heavy atom. The normalized spacial score (nSPS) is 31.4. The van der Waals surface area contributed by atoms with Gasteiger partial charge in [-0.1, -0.05) is 26.0 Å². The molecule has 2 rings (SSSR count). The first-order chi connectivity index (χ1) is 12.6. The maximum absolute atomic E-state index is 13.4. The third-order valence-corrected chi connectivity index (χ3v) is 5.60. The average Bonchev–Trinajstić information content (AvgIpc) is 2.87. The van der Waals surface area contributed by atoms with E-state index in [9.17, 15) is 19.5 Å². The van der Waals surface area contributed by atoms with Gasteiger partial charge < -0.3 is 20.6 Å². The number of rotatable bonds is 5. The lowest BCUT2D eigenvalue weighted by molar-refractivity contribution is -0.143. The van der Waals surface area contributed by atoms with Gasteiger partial charge in [0.05, 0.1) is 24.5 Å². The lowest BCUT2D eigenvalue weighted by Crippen LogP contribution is -2.55. The minimum atomic E-state index is -0.727. The van der Waals surface area contributed by atoms with Gasteiger partial charge in [0.15, 0.2) is 0 Å². The fourth-order valence-corrected chi connectivity index (χ4v) is 4.36. The Morgan fingerprint density at radius 2 is 1.89 bits per heavy atom. The van der Waals surface area contributed by atoms with Crippen LogP contribution < -0.4 is 10.6 Å². The molecule has 7 heteroatoms. The number of hydrogen-bond donors (Lipinski definition) is 3. The van der Waals surface area contributed by atoms with Crippen molar-refractivity contribution in [1.29, 1.82) is 0 Å². The second-order valence-electron chi connectivity index (χ2n) is 8.66. The summed E-state index contributed by atoms with van der Waals surface area (Å²) in [6.07, 6.45) is 4.36. The van der Waals surface area contributed by atoms with Crippen LogP contribution in [-0.4, -0.2) is 59.0 Å². The quantitative estimate of drug-likeness (QED) is 0.612. The average molecular weight is 380 g/mol. The number of amides is 3. The van der Waals surface area contributed by atoms with Gasteiger partial charge in [-0.05, 0) is 33.1 Å². The molecule has 0 aromatic heterocycles. The summed E-state index contributed by atoms with van der Waals surface area (Å²) in [5.41, 5.74) is -0.448. The third kappa shape index (κ3) is 4.03. The second kappa shape index (κ2) is 8.00. The third-order valence-electron chi connectivity index (χ3n) is 5.60. The largest absolute Gasteiger partial charge is 0.394 e. The van der Waals surface area contributed by atoms with Crippen molar-refractivity contribution in [2.45, 2.75) is 58.7 Å². The lowest BCUT2D eigenvalue weighted by Gasteiger charge is -2.35. The van der Waals surface area contributed by atoms with E-state index in [0.29, 0.717) is 6.42 Å². The van der Waals surface area contributed by atoms with E-state index in [1.807, 2.05) is 46.8 Å². The second-order valence-corrected chi connectivity index (χ2v) is 8.66. The van der Waals surface area contributed by atoms with Gasteiger partial charge in [-0.15, -0.1) is 0 Å². The standard InChI is InChI=1S/C20H33N3O4/c1-7-12(10-24)23-16(18(26)22-20(3,4)5)13-9-8-11(2)14(17(25)21-6)15(13)19(23)27/h8-9,11-16,24H,7,10H2,1-6H3,(H,21,25)(H,22,26)/t11-,12+,13+,14-,15-,16+/m1/s1. The fraction of sp³-hybridized carbons (Fsp3) is 0.750. The monoisotopic (exact) mass is 379 g/mol. The molecule has 0 saturated carbocycles. The molecule has 1 fully saturated rings. The molecule has 0 aromatic carbocycles. The molecular weight excluding hydrogens is 346 g/mol. The molecule has 27 heavy (non-hydrogen) atoms. The molecule has 0 unspecified atom stereocenters. The van der Waals surface area contributed by atoms with E-state index in [4.69, 9.17) is 0 Å². The van der Waals surface area contributed by atoms with Crippen molar-refractivity contribution >= 4 is 17.7 Å².